The van der Waals surface area contributed by atoms with E-state index in [2.05, 4.69) is 64.3 Å². The first-order valence-corrected chi connectivity index (χ1v) is 6.74. The van der Waals surface area contributed by atoms with Crippen LogP contribution in [-0.4, -0.2) is 14.8 Å². The molecule has 0 bridgehead atoms. The van der Waals surface area contributed by atoms with Crippen molar-refractivity contribution in [2.45, 2.75) is 41.5 Å². The molecule has 0 fully saturated rings. The summed E-state index contributed by atoms with van der Waals surface area (Å²) >= 11 is 0. The monoisotopic (exact) mass is 261 g/mol. The van der Waals surface area contributed by atoms with Gasteiger partial charge < -0.3 is 0 Å². The summed E-state index contributed by atoms with van der Waals surface area (Å²) in [5.74, 6) is 1.39. The van der Waals surface area contributed by atoms with Crippen LogP contribution in [0.1, 0.15) is 41.5 Å². The summed E-state index contributed by atoms with van der Waals surface area (Å²) in [6, 6.07) is 0. The number of hydrogen-bond acceptors (Lipinski definition) is 2. The van der Waals surface area contributed by atoms with Gasteiger partial charge in [-0.2, -0.15) is 5.10 Å². The molecular weight excluding hydrogens is 234 g/mol. The highest BCUT2D eigenvalue weighted by Gasteiger charge is 1.96. The van der Waals surface area contributed by atoms with Gasteiger partial charge in [0.25, 0.3) is 0 Å². The predicted octanol–water partition coefficient (Wildman–Crippen LogP) is 4.57. The summed E-state index contributed by atoms with van der Waals surface area (Å²) in [5, 5.41) is 4.05. The summed E-state index contributed by atoms with van der Waals surface area (Å²) < 4.78 is 1.69. The Bertz CT molecular complexity index is 406. The van der Waals surface area contributed by atoms with Crippen LogP contribution in [0, 0.1) is 11.8 Å². The van der Waals surface area contributed by atoms with E-state index in [1.54, 1.807) is 17.1 Å². The van der Waals surface area contributed by atoms with Gasteiger partial charge in [0.1, 0.15) is 12.7 Å². The van der Waals surface area contributed by atoms with Crippen LogP contribution in [0.5, 0.6) is 0 Å². The van der Waals surface area contributed by atoms with Crippen molar-refractivity contribution in [3.63, 3.8) is 0 Å². The van der Waals surface area contributed by atoms with Crippen molar-refractivity contribution >= 4 is 5.70 Å². The molecule has 0 N–H and O–H groups in total. The fourth-order valence-electron chi connectivity index (χ4n) is 0.989. The van der Waals surface area contributed by atoms with Crippen LogP contribution in [0.2, 0.25) is 0 Å². The van der Waals surface area contributed by atoms with Gasteiger partial charge in [0.15, 0.2) is 0 Å². The van der Waals surface area contributed by atoms with Crippen LogP contribution in [0.4, 0.5) is 0 Å². The molecule has 0 radical (unpaired) electrons. The Hall–Kier alpha value is -1.64. The summed E-state index contributed by atoms with van der Waals surface area (Å²) in [5.41, 5.74) is 2.25. The second-order valence-corrected chi connectivity index (χ2v) is 5.43. The first-order chi connectivity index (χ1) is 8.88. The quantitative estimate of drug-likeness (QED) is 0.743. The van der Waals surface area contributed by atoms with Gasteiger partial charge in [0.2, 0.25) is 0 Å². The summed E-state index contributed by atoms with van der Waals surface area (Å²) in [7, 11) is 0. The van der Waals surface area contributed by atoms with E-state index in [1.807, 2.05) is 6.08 Å². The van der Waals surface area contributed by atoms with Crippen LogP contribution < -0.4 is 0 Å². The molecule has 0 aromatic carbocycles. The Morgan fingerprint density at radius 1 is 1.16 bits per heavy atom. The predicted molar refractivity (Wildman–Crippen MR) is 83.6 cm³/mol. The molecule has 0 aliphatic rings. The lowest BCUT2D eigenvalue weighted by molar-refractivity contribution is 0.737. The van der Waals surface area contributed by atoms with Gasteiger partial charge in [0, 0.05) is 0 Å². The largest absolute Gasteiger partial charge is 0.223 e. The Labute approximate surface area is 117 Å². The Kier molecular flexibility index (Phi) is 8.51. The Morgan fingerprint density at radius 2 is 1.74 bits per heavy atom. The second kappa shape index (κ2) is 9.31. The molecule has 1 aromatic heterocycles. The smallest absolute Gasteiger partial charge is 0.138 e. The van der Waals surface area contributed by atoms with Gasteiger partial charge in [-0.3, -0.25) is 0 Å². The van der Waals surface area contributed by atoms with Crippen molar-refractivity contribution in [3.05, 3.63) is 43.0 Å². The zero-order valence-electron chi connectivity index (χ0n) is 13.1. The minimum atomic E-state index is 0.558. The molecule has 1 aromatic rings. The van der Waals surface area contributed by atoms with E-state index in [-0.39, 0.29) is 0 Å². The Balaban J connectivity index is 0.000000711. The van der Waals surface area contributed by atoms with Crippen molar-refractivity contribution in [3.8, 4) is 0 Å². The molecule has 19 heavy (non-hydrogen) atoms. The maximum atomic E-state index is 4.05. The summed E-state index contributed by atoms with van der Waals surface area (Å²) in [4.78, 5) is 3.90. The van der Waals surface area contributed by atoms with Crippen molar-refractivity contribution < 1.29 is 0 Å². The minimum absolute atomic E-state index is 0.558. The SMILES string of the molecule is C=C/C(=C\C=C(/C)C(C)C)n1cncn1.CC(C)C. The van der Waals surface area contributed by atoms with Crippen molar-refractivity contribution in [1.82, 2.24) is 14.8 Å². The number of nitrogens with zero attached hydrogens (tertiary/aromatic N) is 3. The van der Waals surface area contributed by atoms with E-state index in [1.165, 1.54) is 11.9 Å². The average Bonchev–Trinajstić information content (AvgIpc) is 2.82. The third-order valence-electron chi connectivity index (χ3n) is 2.32. The number of allylic oxidation sites excluding steroid dienone is 5. The van der Waals surface area contributed by atoms with Gasteiger partial charge >= 0.3 is 0 Å². The third kappa shape index (κ3) is 8.14. The standard InChI is InChI=1S/C12H17N3.C4H10/c1-5-12(15-9-13-8-14-15)7-6-11(4)10(2)3;1-4(2)3/h5-10H,1H2,2-4H3;4H,1-3H3/b11-6+,12-7+;. The number of rotatable bonds is 4. The Morgan fingerprint density at radius 3 is 2.11 bits per heavy atom. The number of aromatic nitrogens is 3. The van der Waals surface area contributed by atoms with Gasteiger partial charge in [0.05, 0.1) is 5.70 Å². The lowest BCUT2D eigenvalue weighted by Gasteiger charge is -2.03. The molecule has 106 valence electrons. The van der Waals surface area contributed by atoms with E-state index < -0.39 is 0 Å². The fourth-order valence-corrected chi connectivity index (χ4v) is 0.989. The van der Waals surface area contributed by atoms with Gasteiger partial charge in [-0.1, -0.05) is 52.8 Å². The highest BCUT2D eigenvalue weighted by Crippen LogP contribution is 2.10. The molecule has 0 aliphatic heterocycles. The van der Waals surface area contributed by atoms with E-state index in [4.69, 9.17) is 0 Å². The van der Waals surface area contributed by atoms with Crippen molar-refractivity contribution in [2.75, 3.05) is 0 Å². The zero-order chi connectivity index (χ0) is 14.8. The van der Waals surface area contributed by atoms with Crippen LogP contribution >= 0.6 is 0 Å². The summed E-state index contributed by atoms with van der Waals surface area (Å²) in [6.45, 7) is 16.7. The van der Waals surface area contributed by atoms with Crippen LogP contribution in [-0.2, 0) is 0 Å². The van der Waals surface area contributed by atoms with E-state index in [0.29, 0.717) is 5.92 Å². The van der Waals surface area contributed by atoms with Crippen LogP contribution in [0.3, 0.4) is 0 Å². The second-order valence-electron chi connectivity index (χ2n) is 5.43. The van der Waals surface area contributed by atoms with Crippen LogP contribution in [0.15, 0.2) is 43.0 Å². The van der Waals surface area contributed by atoms with E-state index in [0.717, 1.165) is 11.6 Å². The van der Waals surface area contributed by atoms with Gasteiger partial charge in [-0.25, -0.2) is 9.67 Å². The fraction of sp³-hybridized carbons (Fsp3) is 0.500. The molecule has 3 nitrogen and oxygen atoms in total. The topological polar surface area (TPSA) is 30.7 Å². The highest BCUT2D eigenvalue weighted by molar-refractivity contribution is 5.57. The lowest BCUT2D eigenvalue weighted by atomic mass is 10.1. The van der Waals surface area contributed by atoms with E-state index in [9.17, 15) is 0 Å². The summed E-state index contributed by atoms with van der Waals surface area (Å²) in [6.07, 6.45) is 9.02. The molecular formula is C16H27N3. The highest BCUT2D eigenvalue weighted by atomic mass is 15.3. The third-order valence-corrected chi connectivity index (χ3v) is 2.32. The molecule has 1 heterocycles. The molecule has 0 amide bonds. The van der Waals surface area contributed by atoms with E-state index >= 15 is 0 Å². The van der Waals surface area contributed by atoms with Gasteiger partial charge in [-0.15, -0.1) is 0 Å². The van der Waals surface area contributed by atoms with Crippen molar-refractivity contribution in [1.29, 1.82) is 0 Å². The van der Waals surface area contributed by atoms with Gasteiger partial charge in [-0.05, 0) is 30.9 Å². The molecule has 0 atom stereocenters. The molecule has 0 spiro atoms. The van der Waals surface area contributed by atoms with Crippen LogP contribution in [0.25, 0.3) is 5.70 Å². The molecule has 0 unspecified atom stereocenters. The molecule has 0 saturated heterocycles. The first-order valence-electron chi connectivity index (χ1n) is 6.74. The molecule has 0 saturated carbocycles. The molecule has 0 aliphatic carbocycles. The molecule has 1 rings (SSSR count). The maximum absolute atomic E-state index is 4.05. The normalized spacial score (nSPS) is 12.4. The lowest BCUT2D eigenvalue weighted by Crippen LogP contribution is -1.94. The number of hydrogen-bond donors (Lipinski definition) is 0. The maximum Gasteiger partial charge on any atom is 0.138 e. The minimum Gasteiger partial charge on any atom is -0.223 e. The average molecular weight is 261 g/mol. The molecule has 3 heteroatoms. The zero-order valence-corrected chi connectivity index (χ0v) is 13.1. The van der Waals surface area contributed by atoms with Crippen molar-refractivity contribution in [2.24, 2.45) is 11.8 Å². The first kappa shape index (κ1) is 17.4.